The molecule has 0 heterocycles. The summed E-state index contributed by atoms with van der Waals surface area (Å²) in [7, 11) is -4.29. The number of halogens is 4. The highest BCUT2D eigenvalue weighted by Crippen LogP contribution is 2.15. The van der Waals surface area contributed by atoms with Crippen LogP contribution in [0.2, 0.25) is 0 Å². The molecule has 0 aromatic heterocycles. The fraction of sp³-hybridized carbons (Fsp3) is 0.500. The summed E-state index contributed by atoms with van der Waals surface area (Å²) >= 11 is 21.4. The summed E-state index contributed by atoms with van der Waals surface area (Å²) in [4.78, 5) is 46.9. The first kappa shape index (κ1) is 17.1. The summed E-state index contributed by atoms with van der Waals surface area (Å²) in [5, 5.41) is -3.66. The van der Waals surface area contributed by atoms with Gasteiger partial charge >= 0.3 is 8.07 Å². The monoisotopic (exact) mass is 336 g/mol. The Labute approximate surface area is 119 Å². The van der Waals surface area contributed by atoms with E-state index in [1.54, 1.807) is 0 Å². The smallest absolute Gasteiger partial charge is 0.302 e. The first-order chi connectivity index (χ1) is 7.93. The van der Waals surface area contributed by atoms with Crippen molar-refractivity contribution in [1.29, 1.82) is 0 Å². The first-order valence-corrected chi connectivity index (χ1v) is 8.44. The largest absolute Gasteiger partial charge is 0.353 e. The Balaban J connectivity index is 5.88. The van der Waals surface area contributed by atoms with E-state index in [2.05, 4.69) is 0 Å². The van der Waals surface area contributed by atoms with E-state index in [-0.39, 0.29) is 0 Å². The molecule has 9 heteroatoms. The highest BCUT2D eigenvalue weighted by atomic mass is 35.5. The van der Waals surface area contributed by atoms with Crippen LogP contribution in [0.4, 0.5) is 0 Å². The van der Waals surface area contributed by atoms with Crippen LogP contribution in [0.25, 0.3) is 0 Å². The van der Waals surface area contributed by atoms with Gasteiger partial charge in [-0.25, -0.2) is 0 Å². The van der Waals surface area contributed by atoms with Crippen molar-refractivity contribution in [2.24, 2.45) is 0 Å². The lowest BCUT2D eigenvalue weighted by molar-refractivity contribution is -0.120. The fourth-order valence-electron chi connectivity index (χ4n) is 1.33. The quantitative estimate of drug-likeness (QED) is 0.486. The highest BCUT2D eigenvalue weighted by molar-refractivity contribution is 7.55. The van der Waals surface area contributed by atoms with Crippen LogP contribution in [0.5, 0.6) is 0 Å². The molecule has 0 radical (unpaired) electrons. The van der Waals surface area contributed by atoms with E-state index in [1.807, 2.05) is 0 Å². The third kappa shape index (κ3) is 3.09. The lowest BCUT2D eigenvalue weighted by atomic mass is 10.8. The first-order valence-electron chi connectivity index (χ1n) is 4.30. The lowest BCUT2D eigenvalue weighted by Crippen LogP contribution is -2.68. The second-order valence-electron chi connectivity index (χ2n) is 2.98. The van der Waals surface area contributed by atoms with Crippen molar-refractivity contribution in [3.05, 3.63) is 0 Å². The summed E-state index contributed by atoms with van der Waals surface area (Å²) in [6, 6.07) is 0. The number of hydrogen-bond acceptors (Lipinski definition) is 4. The van der Waals surface area contributed by atoms with Crippen molar-refractivity contribution in [2.45, 2.75) is 0 Å². The van der Waals surface area contributed by atoms with Gasteiger partial charge in [-0.3, -0.25) is 0 Å². The van der Waals surface area contributed by atoms with Gasteiger partial charge in [0.15, 0.2) is 21.6 Å². The molecule has 0 spiro atoms. The predicted molar refractivity (Wildman–Crippen MR) is 68.7 cm³/mol. The number of carbonyl (C=O) groups is 4. The zero-order valence-electron chi connectivity index (χ0n) is 8.47. The minimum atomic E-state index is -4.29. The molecular formula is C8H8Cl4O4Si. The maximum atomic E-state index is 11.7. The molecule has 17 heavy (non-hydrogen) atoms. The molecule has 0 atom stereocenters. The standard InChI is InChI=1S/C8H8Cl4O4Si/c9-1-5(13)17(6(14)2-10,7(15)3-11)8(16)4-12/h1-4H2. The summed E-state index contributed by atoms with van der Waals surface area (Å²) in [6.07, 6.45) is 0. The van der Waals surface area contributed by atoms with Gasteiger partial charge in [0.05, 0.1) is 23.5 Å². The second-order valence-corrected chi connectivity index (χ2v) is 7.78. The van der Waals surface area contributed by atoms with Crippen molar-refractivity contribution >= 4 is 76.1 Å². The maximum absolute atomic E-state index is 11.7. The Morgan fingerprint density at radius 2 is 0.765 bits per heavy atom. The molecular weight excluding hydrogens is 330 g/mol. The number of carbonyl (C=O) groups excluding carboxylic acids is 4. The molecule has 0 aromatic carbocycles. The molecule has 0 N–H and O–H groups in total. The highest BCUT2D eigenvalue weighted by Gasteiger charge is 2.59. The van der Waals surface area contributed by atoms with Crippen LogP contribution in [-0.2, 0) is 19.2 Å². The van der Waals surface area contributed by atoms with Gasteiger partial charge in [0, 0.05) is 0 Å². The number of alkyl halides is 4. The molecule has 0 rings (SSSR count). The molecule has 0 aromatic rings. The third-order valence-corrected chi connectivity index (χ3v) is 8.08. The van der Waals surface area contributed by atoms with Gasteiger partial charge in [-0.15, -0.1) is 46.4 Å². The van der Waals surface area contributed by atoms with Crippen LogP contribution in [0.3, 0.4) is 0 Å². The average molecular weight is 338 g/mol. The maximum Gasteiger partial charge on any atom is 0.353 e. The molecule has 0 saturated carbocycles. The minimum absolute atomic E-state index is 0.625. The van der Waals surface area contributed by atoms with Crippen molar-refractivity contribution in [3.63, 3.8) is 0 Å². The van der Waals surface area contributed by atoms with Crippen LogP contribution < -0.4 is 0 Å². The van der Waals surface area contributed by atoms with E-state index in [0.29, 0.717) is 0 Å². The summed E-state index contributed by atoms with van der Waals surface area (Å²) < 4.78 is 0. The van der Waals surface area contributed by atoms with E-state index in [4.69, 9.17) is 46.4 Å². The summed E-state index contributed by atoms with van der Waals surface area (Å²) in [5.74, 6) is -2.50. The Morgan fingerprint density at radius 3 is 0.882 bits per heavy atom. The SMILES string of the molecule is O=C(CCl)[Si](C(=O)CCl)(C(=O)CCl)C(=O)CCl. The molecule has 0 unspecified atom stereocenters. The normalized spacial score (nSPS) is 11.1. The van der Waals surface area contributed by atoms with E-state index in [1.165, 1.54) is 0 Å². The van der Waals surface area contributed by atoms with Crippen LogP contribution in [0, 0.1) is 0 Å². The Hall–Kier alpha value is 0.0569. The van der Waals surface area contributed by atoms with Crippen LogP contribution in [-0.4, -0.2) is 53.2 Å². The van der Waals surface area contributed by atoms with E-state index in [9.17, 15) is 19.2 Å². The summed E-state index contributed by atoms with van der Waals surface area (Å²) in [6.45, 7) is 0. The van der Waals surface area contributed by atoms with Gasteiger partial charge < -0.3 is 19.2 Å². The number of hydrogen-bond donors (Lipinski definition) is 0. The van der Waals surface area contributed by atoms with Crippen molar-refractivity contribution < 1.29 is 19.2 Å². The fourth-order valence-corrected chi connectivity index (χ4v) is 6.41. The van der Waals surface area contributed by atoms with E-state index >= 15 is 0 Å². The van der Waals surface area contributed by atoms with Gasteiger partial charge in [0.1, 0.15) is 0 Å². The molecule has 0 aliphatic heterocycles. The lowest BCUT2D eigenvalue weighted by Gasteiger charge is -2.21. The topological polar surface area (TPSA) is 68.3 Å². The molecule has 0 aliphatic carbocycles. The Morgan fingerprint density at radius 1 is 0.588 bits per heavy atom. The van der Waals surface area contributed by atoms with Crippen LogP contribution in [0.15, 0.2) is 0 Å². The molecule has 0 saturated heterocycles. The van der Waals surface area contributed by atoms with Gasteiger partial charge in [-0.05, 0) is 0 Å². The van der Waals surface area contributed by atoms with Gasteiger partial charge in [0.2, 0.25) is 0 Å². The minimum Gasteiger partial charge on any atom is -0.302 e. The van der Waals surface area contributed by atoms with Gasteiger partial charge in [-0.2, -0.15) is 0 Å². The average Bonchev–Trinajstić information content (AvgIpc) is 2.37. The van der Waals surface area contributed by atoms with Gasteiger partial charge in [0.25, 0.3) is 0 Å². The molecule has 0 fully saturated rings. The van der Waals surface area contributed by atoms with Crippen molar-refractivity contribution in [3.8, 4) is 0 Å². The van der Waals surface area contributed by atoms with Crippen molar-refractivity contribution in [1.82, 2.24) is 0 Å². The molecule has 0 amide bonds. The zero-order valence-corrected chi connectivity index (χ0v) is 12.5. The number of rotatable bonds is 8. The molecule has 0 aliphatic rings. The molecule has 96 valence electrons. The predicted octanol–water partition coefficient (Wildman–Crippen LogP) is 0.824. The van der Waals surface area contributed by atoms with Gasteiger partial charge in [-0.1, -0.05) is 0 Å². The van der Waals surface area contributed by atoms with E-state index < -0.39 is 53.2 Å². The summed E-state index contributed by atoms with van der Waals surface area (Å²) in [5.41, 5.74) is 0. The zero-order chi connectivity index (χ0) is 13.6. The Bertz CT molecular complexity index is 288. The molecule has 0 bridgehead atoms. The Kier molecular flexibility index (Phi) is 7.51. The van der Waals surface area contributed by atoms with Crippen LogP contribution >= 0.6 is 46.4 Å². The van der Waals surface area contributed by atoms with E-state index in [0.717, 1.165) is 0 Å². The second kappa shape index (κ2) is 7.48. The van der Waals surface area contributed by atoms with Crippen LogP contribution in [0.1, 0.15) is 0 Å². The third-order valence-electron chi connectivity index (χ3n) is 2.16. The van der Waals surface area contributed by atoms with Crippen molar-refractivity contribution in [2.75, 3.05) is 23.5 Å². The molecule has 4 nitrogen and oxygen atoms in total.